The van der Waals surface area contributed by atoms with Crippen molar-refractivity contribution in [2.45, 2.75) is 0 Å². The van der Waals surface area contributed by atoms with Gasteiger partial charge in [-0.1, -0.05) is 139 Å². The van der Waals surface area contributed by atoms with Crippen molar-refractivity contribution in [2.24, 2.45) is 0 Å². The maximum Gasteiger partial charge on any atom is 0.250 e. The Kier molecular flexibility index (Phi) is 6.35. The molecule has 0 aliphatic carbocycles. The first kappa shape index (κ1) is 29.0. The summed E-state index contributed by atoms with van der Waals surface area (Å²) >= 11 is 0. The fraction of sp³-hybridized carbons (Fsp3) is 0. The second kappa shape index (κ2) is 11.4. The lowest BCUT2D eigenvalue weighted by Gasteiger charge is -2.27. The molecular formula is C48H31BN2O. The number of nitrogens with zero attached hydrogens (tertiary/aromatic N) is 2. The Balaban J connectivity index is 1.23. The number of ether oxygens (including phenoxy) is 1. The maximum atomic E-state index is 6.76. The molecule has 2 aromatic heterocycles. The minimum Gasteiger partial charge on any atom is -0.458 e. The summed E-state index contributed by atoms with van der Waals surface area (Å²) in [5.74, 6) is 1.80. The van der Waals surface area contributed by atoms with E-state index in [9.17, 15) is 0 Å². The standard InChI is InChI=1S/C48H31BN2O/c1-4-14-32(15-5-1)33-24-28-43-39(30-33)47-44(50(43)35-18-8-3-9-19-35)29-26-38-37-20-10-12-22-42(37)51(48(38)47)36-25-27-41-46(31-36)52-45-23-13-11-21-40(45)49(41)34-16-6-2-7-17-34/h1-31H. The predicted octanol–water partition coefficient (Wildman–Crippen LogP) is 10.2. The topological polar surface area (TPSA) is 19.1 Å². The second-order valence-electron chi connectivity index (χ2n) is 13.7. The molecule has 3 nitrogen and oxygen atoms in total. The highest BCUT2D eigenvalue weighted by atomic mass is 16.5. The van der Waals surface area contributed by atoms with Gasteiger partial charge < -0.3 is 13.9 Å². The van der Waals surface area contributed by atoms with E-state index in [0.717, 1.165) is 22.9 Å². The van der Waals surface area contributed by atoms with Crippen molar-refractivity contribution in [3.05, 3.63) is 188 Å². The highest BCUT2D eigenvalue weighted by Crippen LogP contribution is 2.43. The highest BCUT2D eigenvalue weighted by Gasteiger charge is 2.32. The van der Waals surface area contributed by atoms with Crippen molar-refractivity contribution in [1.29, 1.82) is 0 Å². The van der Waals surface area contributed by atoms with Crippen LogP contribution in [0.5, 0.6) is 11.5 Å². The minimum absolute atomic E-state index is 0.0836. The summed E-state index contributed by atoms with van der Waals surface area (Å²) < 4.78 is 11.6. The van der Waals surface area contributed by atoms with Crippen molar-refractivity contribution in [1.82, 2.24) is 9.13 Å². The van der Waals surface area contributed by atoms with Crippen molar-refractivity contribution in [3.63, 3.8) is 0 Å². The zero-order chi connectivity index (χ0) is 34.2. The summed E-state index contributed by atoms with van der Waals surface area (Å²) in [6.45, 7) is 0.0836. The van der Waals surface area contributed by atoms with Crippen LogP contribution in [0.25, 0.3) is 66.1 Å². The molecular weight excluding hydrogens is 631 g/mol. The summed E-state index contributed by atoms with van der Waals surface area (Å²) in [6, 6.07) is 67.8. The van der Waals surface area contributed by atoms with Crippen LogP contribution in [-0.4, -0.2) is 15.8 Å². The molecule has 11 rings (SSSR count). The molecule has 10 aromatic rings. The minimum atomic E-state index is 0.0836. The van der Waals surface area contributed by atoms with E-state index in [0.29, 0.717) is 0 Å². The number of aromatic nitrogens is 2. The summed E-state index contributed by atoms with van der Waals surface area (Å²) in [5, 5.41) is 4.91. The number of hydrogen-bond acceptors (Lipinski definition) is 1. The van der Waals surface area contributed by atoms with Crippen LogP contribution < -0.4 is 21.1 Å². The quantitative estimate of drug-likeness (QED) is 0.172. The molecule has 8 aromatic carbocycles. The van der Waals surface area contributed by atoms with Crippen LogP contribution >= 0.6 is 0 Å². The molecule has 0 N–H and O–H groups in total. The Morgan fingerprint density at radius 1 is 0.385 bits per heavy atom. The molecule has 3 heterocycles. The molecule has 0 amide bonds. The number of para-hydroxylation sites is 3. The van der Waals surface area contributed by atoms with Gasteiger partial charge >= 0.3 is 0 Å². The van der Waals surface area contributed by atoms with Crippen molar-refractivity contribution < 1.29 is 4.74 Å². The smallest absolute Gasteiger partial charge is 0.250 e. The van der Waals surface area contributed by atoms with Gasteiger partial charge in [-0.2, -0.15) is 0 Å². The van der Waals surface area contributed by atoms with Gasteiger partial charge in [-0.3, -0.25) is 0 Å². The van der Waals surface area contributed by atoms with Gasteiger partial charge in [0.25, 0.3) is 6.71 Å². The fourth-order valence-corrected chi connectivity index (χ4v) is 8.59. The van der Waals surface area contributed by atoms with Gasteiger partial charge in [0.2, 0.25) is 0 Å². The van der Waals surface area contributed by atoms with E-state index in [1.165, 1.54) is 71.1 Å². The van der Waals surface area contributed by atoms with Gasteiger partial charge in [0.1, 0.15) is 11.5 Å². The lowest BCUT2D eigenvalue weighted by Crippen LogP contribution is -2.54. The number of fused-ring (bicyclic) bond motifs is 9. The molecule has 0 bridgehead atoms. The maximum absolute atomic E-state index is 6.76. The van der Waals surface area contributed by atoms with E-state index in [4.69, 9.17) is 4.74 Å². The lowest BCUT2D eigenvalue weighted by molar-refractivity contribution is 0.487. The molecule has 242 valence electrons. The average molecular weight is 663 g/mol. The van der Waals surface area contributed by atoms with Gasteiger partial charge in [0, 0.05) is 39.0 Å². The molecule has 0 saturated heterocycles. The zero-order valence-electron chi connectivity index (χ0n) is 28.3. The molecule has 4 heteroatoms. The normalized spacial score (nSPS) is 12.3. The average Bonchev–Trinajstić information content (AvgIpc) is 3.73. The SMILES string of the molecule is c1ccc(B2c3ccccc3Oc3cc(-n4c5ccccc5c5ccc6c(c7cc(-c8ccccc8)ccc7n6-c6ccccc6)c54)ccc32)cc1. The second-order valence-corrected chi connectivity index (χ2v) is 13.7. The molecule has 0 spiro atoms. The largest absolute Gasteiger partial charge is 0.458 e. The van der Waals surface area contributed by atoms with Crippen molar-refractivity contribution in [3.8, 4) is 34.0 Å². The Labute approximate surface area is 301 Å². The number of rotatable bonds is 4. The van der Waals surface area contributed by atoms with E-state index in [-0.39, 0.29) is 6.71 Å². The molecule has 0 fully saturated rings. The van der Waals surface area contributed by atoms with Crippen LogP contribution in [0.3, 0.4) is 0 Å². The molecule has 52 heavy (non-hydrogen) atoms. The van der Waals surface area contributed by atoms with Crippen LogP contribution in [0.1, 0.15) is 0 Å². The van der Waals surface area contributed by atoms with Crippen LogP contribution in [0, 0.1) is 0 Å². The summed E-state index contributed by atoms with van der Waals surface area (Å²) in [7, 11) is 0. The van der Waals surface area contributed by atoms with Gasteiger partial charge in [-0.25, -0.2) is 0 Å². The first-order chi connectivity index (χ1) is 25.8. The van der Waals surface area contributed by atoms with Gasteiger partial charge in [0.05, 0.1) is 22.1 Å². The van der Waals surface area contributed by atoms with Crippen LogP contribution in [0.2, 0.25) is 0 Å². The van der Waals surface area contributed by atoms with Gasteiger partial charge in [-0.15, -0.1) is 0 Å². The number of benzene rings is 8. The molecule has 0 atom stereocenters. The zero-order valence-corrected chi connectivity index (χ0v) is 28.3. The van der Waals surface area contributed by atoms with E-state index < -0.39 is 0 Å². The lowest BCUT2D eigenvalue weighted by atomic mass is 9.36. The Morgan fingerprint density at radius 2 is 1.06 bits per heavy atom. The van der Waals surface area contributed by atoms with E-state index in [1.54, 1.807) is 0 Å². The Bertz CT molecular complexity index is 2980. The molecule has 0 unspecified atom stereocenters. The third-order valence-corrected chi connectivity index (χ3v) is 10.8. The van der Waals surface area contributed by atoms with Crippen molar-refractivity contribution >= 4 is 66.7 Å². The molecule has 0 saturated carbocycles. The first-order valence-electron chi connectivity index (χ1n) is 17.9. The first-order valence-corrected chi connectivity index (χ1v) is 17.9. The summed E-state index contributed by atoms with van der Waals surface area (Å²) in [6.07, 6.45) is 0. The van der Waals surface area contributed by atoms with Crippen molar-refractivity contribution in [2.75, 3.05) is 0 Å². The molecule has 1 aliphatic heterocycles. The Hall–Kier alpha value is -6.78. The van der Waals surface area contributed by atoms with E-state index in [1.807, 2.05) is 0 Å². The Morgan fingerprint density at radius 3 is 1.90 bits per heavy atom. The molecule has 0 radical (unpaired) electrons. The van der Waals surface area contributed by atoms with Crippen LogP contribution in [0.4, 0.5) is 0 Å². The summed E-state index contributed by atoms with van der Waals surface area (Å²) in [5.41, 5.74) is 13.0. The van der Waals surface area contributed by atoms with Gasteiger partial charge in [0.15, 0.2) is 0 Å². The predicted molar refractivity (Wildman–Crippen MR) is 218 cm³/mol. The third kappa shape index (κ3) is 4.28. The van der Waals surface area contributed by atoms with E-state index in [2.05, 4.69) is 197 Å². The highest BCUT2D eigenvalue weighted by molar-refractivity contribution is 6.96. The van der Waals surface area contributed by atoms with E-state index >= 15 is 0 Å². The summed E-state index contributed by atoms with van der Waals surface area (Å²) in [4.78, 5) is 0. The van der Waals surface area contributed by atoms with Crippen LogP contribution in [-0.2, 0) is 0 Å². The fourth-order valence-electron chi connectivity index (χ4n) is 8.59. The molecule has 1 aliphatic rings. The van der Waals surface area contributed by atoms with Crippen LogP contribution in [0.15, 0.2) is 188 Å². The third-order valence-electron chi connectivity index (χ3n) is 10.8. The van der Waals surface area contributed by atoms with Gasteiger partial charge in [-0.05, 0) is 70.6 Å². The monoisotopic (exact) mass is 662 g/mol. The number of hydrogen-bond donors (Lipinski definition) is 0.